The second kappa shape index (κ2) is 7.49. The number of rotatable bonds is 6. The predicted octanol–water partition coefficient (Wildman–Crippen LogP) is 3.11. The number of hydrogen-bond acceptors (Lipinski definition) is 4. The van der Waals surface area contributed by atoms with E-state index in [-0.39, 0.29) is 23.8 Å². The Labute approximate surface area is 142 Å². The van der Waals surface area contributed by atoms with Gasteiger partial charge in [0.2, 0.25) is 5.91 Å². The van der Waals surface area contributed by atoms with Crippen LogP contribution in [0, 0.1) is 13.8 Å². The summed E-state index contributed by atoms with van der Waals surface area (Å²) in [4.78, 5) is 12.1. The van der Waals surface area contributed by atoms with Crippen LogP contribution in [0.1, 0.15) is 17.5 Å². The zero-order valence-electron chi connectivity index (χ0n) is 14.0. The quantitative estimate of drug-likeness (QED) is 0.871. The normalized spacial score (nSPS) is 11.1. The topological polar surface area (TPSA) is 72.5 Å². The maximum absolute atomic E-state index is 11.9. The lowest BCUT2D eigenvalue weighted by Gasteiger charge is -2.11. The van der Waals surface area contributed by atoms with E-state index in [1.54, 1.807) is 12.1 Å². The van der Waals surface area contributed by atoms with Crippen LogP contribution >= 0.6 is 0 Å². The van der Waals surface area contributed by atoms with E-state index in [9.17, 15) is 13.2 Å². The fourth-order valence-corrected chi connectivity index (χ4v) is 2.77. The monoisotopic (exact) mass is 347 g/mol. The highest BCUT2D eigenvalue weighted by Gasteiger charge is 2.08. The SMILES string of the molecule is Cc1cccc(OCCC(=O)Nc2ccc(S(C)(=O)=O)cc2)c1C. The van der Waals surface area contributed by atoms with Crippen LogP contribution in [0.15, 0.2) is 47.4 Å². The molecule has 0 aliphatic rings. The number of benzene rings is 2. The predicted molar refractivity (Wildman–Crippen MR) is 94.2 cm³/mol. The van der Waals surface area contributed by atoms with Crippen LogP contribution in [0.5, 0.6) is 5.75 Å². The van der Waals surface area contributed by atoms with E-state index in [2.05, 4.69) is 5.32 Å². The van der Waals surface area contributed by atoms with E-state index in [0.717, 1.165) is 23.1 Å². The minimum Gasteiger partial charge on any atom is -0.493 e. The first-order valence-corrected chi connectivity index (χ1v) is 9.45. The standard InChI is InChI=1S/C18H21NO4S/c1-13-5-4-6-17(14(13)2)23-12-11-18(20)19-15-7-9-16(10-8-15)24(3,21)22/h4-10H,11-12H2,1-3H3,(H,19,20). The number of carbonyl (C=O) groups is 1. The molecule has 0 saturated carbocycles. The van der Waals surface area contributed by atoms with E-state index >= 15 is 0 Å². The zero-order chi connectivity index (χ0) is 17.7. The molecule has 0 heterocycles. The maximum Gasteiger partial charge on any atom is 0.227 e. The lowest BCUT2D eigenvalue weighted by atomic mass is 10.1. The Hall–Kier alpha value is -2.34. The molecule has 2 aromatic rings. The van der Waals surface area contributed by atoms with Gasteiger partial charge in [0.1, 0.15) is 5.75 Å². The van der Waals surface area contributed by atoms with Gasteiger partial charge in [0.15, 0.2) is 9.84 Å². The number of carbonyl (C=O) groups excluding carboxylic acids is 1. The highest BCUT2D eigenvalue weighted by Crippen LogP contribution is 2.20. The van der Waals surface area contributed by atoms with Gasteiger partial charge in [-0.3, -0.25) is 4.79 Å². The van der Waals surface area contributed by atoms with Crippen molar-refractivity contribution in [2.45, 2.75) is 25.2 Å². The molecule has 1 N–H and O–H groups in total. The lowest BCUT2D eigenvalue weighted by Crippen LogP contribution is -2.15. The van der Waals surface area contributed by atoms with Crippen LogP contribution in [0.4, 0.5) is 5.69 Å². The Morgan fingerprint density at radius 1 is 1.08 bits per heavy atom. The zero-order valence-corrected chi connectivity index (χ0v) is 14.8. The summed E-state index contributed by atoms with van der Waals surface area (Å²) in [6.45, 7) is 4.26. The van der Waals surface area contributed by atoms with E-state index in [1.165, 1.54) is 12.1 Å². The molecule has 0 aromatic heterocycles. The van der Waals surface area contributed by atoms with Gasteiger partial charge >= 0.3 is 0 Å². The number of aryl methyl sites for hydroxylation is 1. The van der Waals surface area contributed by atoms with Crippen molar-refractivity contribution in [3.63, 3.8) is 0 Å². The summed E-state index contributed by atoms with van der Waals surface area (Å²) in [6.07, 6.45) is 1.35. The van der Waals surface area contributed by atoms with Crippen LogP contribution in [0.3, 0.4) is 0 Å². The number of hydrogen-bond donors (Lipinski definition) is 1. The second-order valence-corrected chi connectivity index (χ2v) is 7.66. The number of anilines is 1. The molecule has 0 unspecified atom stereocenters. The van der Waals surface area contributed by atoms with Crippen molar-refractivity contribution in [1.29, 1.82) is 0 Å². The van der Waals surface area contributed by atoms with Gasteiger partial charge in [0.25, 0.3) is 0 Å². The third-order valence-electron chi connectivity index (χ3n) is 3.71. The first kappa shape index (κ1) is 18.0. The molecule has 0 spiro atoms. The Balaban J connectivity index is 1.86. The van der Waals surface area contributed by atoms with Crippen molar-refractivity contribution >= 4 is 21.4 Å². The van der Waals surface area contributed by atoms with Crippen LogP contribution < -0.4 is 10.1 Å². The molecular formula is C18H21NO4S. The Bertz CT molecular complexity index is 827. The van der Waals surface area contributed by atoms with Gasteiger partial charge in [-0.2, -0.15) is 0 Å². The molecule has 128 valence electrons. The number of amides is 1. The third kappa shape index (κ3) is 4.83. The average molecular weight is 347 g/mol. The van der Waals surface area contributed by atoms with Gasteiger partial charge in [-0.15, -0.1) is 0 Å². The number of sulfone groups is 1. The molecule has 0 radical (unpaired) electrons. The van der Waals surface area contributed by atoms with E-state index in [1.807, 2.05) is 32.0 Å². The number of nitrogens with one attached hydrogen (secondary N) is 1. The van der Waals surface area contributed by atoms with E-state index in [0.29, 0.717) is 5.69 Å². The van der Waals surface area contributed by atoms with Crippen molar-refractivity contribution < 1.29 is 17.9 Å². The van der Waals surface area contributed by atoms with E-state index < -0.39 is 9.84 Å². The summed E-state index contributed by atoms with van der Waals surface area (Å²) in [5.41, 5.74) is 2.76. The fraction of sp³-hybridized carbons (Fsp3) is 0.278. The van der Waals surface area contributed by atoms with Crippen molar-refractivity contribution in [1.82, 2.24) is 0 Å². The fourth-order valence-electron chi connectivity index (χ4n) is 2.14. The van der Waals surface area contributed by atoms with Gasteiger partial charge < -0.3 is 10.1 Å². The molecule has 0 aliphatic carbocycles. The number of ether oxygens (including phenoxy) is 1. The first-order chi connectivity index (χ1) is 11.3. The van der Waals surface area contributed by atoms with Crippen LogP contribution in [-0.2, 0) is 14.6 Å². The summed E-state index contributed by atoms with van der Waals surface area (Å²) in [6, 6.07) is 11.9. The molecule has 0 aliphatic heterocycles. The molecule has 5 nitrogen and oxygen atoms in total. The summed E-state index contributed by atoms with van der Waals surface area (Å²) in [5, 5.41) is 2.72. The molecule has 2 rings (SSSR count). The molecular weight excluding hydrogens is 326 g/mol. The molecule has 0 atom stereocenters. The van der Waals surface area contributed by atoms with Crippen LogP contribution in [0.25, 0.3) is 0 Å². The summed E-state index contributed by atoms with van der Waals surface area (Å²) >= 11 is 0. The van der Waals surface area contributed by atoms with Crippen molar-refractivity contribution in [3.05, 3.63) is 53.6 Å². The average Bonchev–Trinajstić information content (AvgIpc) is 2.51. The van der Waals surface area contributed by atoms with Gasteiger partial charge in [-0.05, 0) is 55.3 Å². The molecule has 1 amide bonds. The van der Waals surface area contributed by atoms with Gasteiger partial charge in [0, 0.05) is 11.9 Å². The summed E-state index contributed by atoms with van der Waals surface area (Å²) < 4.78 is 28.4. The van der Waals surface area contributed by atoms with Crippen LogP contribution in [-0.4, -0.2) is 27.2 Å². The van der Waals surface area contributed by atoms with Gasteiger partial charge in [0.05, 0.1) is 17.9 Å². The minimum atomic E-state index is -3.23. The Morgan fingerprint density at radius 2 is 1.75 bits per heavy atom. The largest absolute Gasteiger partial charge is 0.493 e. The minimum absolute atomic E-state index is 0.188. The first-order valence-electron chi connectivity index (χ1n) is 7.56. The molecule has 0 bridgehead atoms. The Kier molecular flexibility index (Phi) is 5.62. The highest BCUT2D eigenvalue weighted by atomic mass is 32.2. The van der Waals surface area contributed by atoms with Crippen molar-refractivity contribution in [3.8, 4) is 5.75 Å². The Morgan fingerprint density at radius 3 is 2.38 bits per heavy atom. The van der Waals surface area contributed by atoms with Crippen molar-refractivity contribution in [2.75, 3.05) is 18.2 Å². The lowest BCUT2D eigenvalue weighted by molar-refractivity contribution is -0.116. The third-order valence-corrected chi connectivity index (χ3v) is 4.84. The van der Waals surface area contributed by atoms with Crippen LogP contribution in [0.2, 0.25) is 0 Å². The maximum atomic E-state index is 11.9. The van der Waals surface area contributed by atoms with Gasteiger partial charge in [-0.1, -0.05) is 12.1 Å². The van der Waals surface area contributed by atoms with E-state index in [4.69, 9.17) is 4.74 Å². The van der Waals surface area contributed by atoms with Gasteiger partial charge in [-0.25, -0.2) is 8.42 Å². The van der Waals surface area contributed by atoms with Crippen molar-refractivity contribution in [2.24, 2.45) is 0 Å². The summed E-state index contributed by atoms with van der Waals surface area (Å²) in [5.74, 6) is 0.590. The molecule has 6 heteroatoms. The highest BCUT2D eigenvalue weighted by molar-refractivity contribution is 7.90. The molecule has 0 saturated heterocycles. The molecule has 2 aromatic carbocycles. The second-order valence-electron chi connectivity index (χ2n) is 5.64. The summed E-state index contributed by atoms with van der Waals surface area (Å²) in [7, 11) is -3.23. The molecule has 24 heavy (non-hydrogen) atoms. The smallest absolute Gasteiger partial charge is 0.227 e. The molecule has 0 fully saturated rings.